The van der Waals surface area contributed by atoms with E-state index >= 15 is 0 Å². The van der Waals surface area contributed by atoms with Gasteiger partial charge in [-0.25, -0.2) is 23.7 Å². The predicted molar refractivity (Wildman–Crippen MR) is 146 cm³/mol. The molecule has 0 aromatic carbocycles. The molecule has 6 heterocycles. The third-order valence-corrected chi connectivity index (χ3v) is 6.86. The van der Waals surface area contributed by atoms with Crippen molar-refractivity contribution in [3.63, 3.8) is 0 Å². The van der Waals surface area contributed by atoms with Crippen LogP contribution in [0.5, 0.6) is 0 Å². The molecular formula is C27H27F2N9O. The Bertz CT molecular complexity index is 1640. The molecule has 6 rings (SSSR count). The van der Waals surface area contributed by atoms with E-state index in [1.165, 1.54) is 6.20 Å². The van der Waals surface area contributed by atoms with Gasteiger partial charge in [0.2, 0.25) is 0 Å². The highest BCUT2D eigenvalue weighted by Crippen LogP contribution is 2.31. The van der Waals surface area contributed by atoms with Crippen molar-refractivity contribution in [2.75, 3.05) is 50.0 Å². The molecule has 200 valence electrons. The minimum atomic E-state index is -2.63. The number of rotatable bonds is 7. The largest absolute Gasteiger partial charge is 0.354 e. The molecule has 0 bridgehead atoms. The molecule has 10 nitrogen and oxygen atoms in total. The van der Waals surface area contributed by atoms with Crippen LogP contribution in [0.25, 0.3) is 27.8 Å². The number of fused-ring (bicyclic) bond motifs is 2. The number of carbonyl (C=O) groups excluding carboxylic acids is 1. The van der Waals surface area contributed by atoms with Crippen molar-refractivity contribution >= 4 is 39.8 Å². The maximum Gasteiger partial charge on any atom is 0.270 e. The molecule has 1 amide bonds. The molecule has 5 aromatic heterocycles. The van der Waals surface area contributed by atoms with Gasteiger partial charge >= 0.3 is 0 Å². The summed E-state index contributed by atoms with van der Waals surface area (Å²) in [6.07, 6.45) is 5.95. The van der Waals surface area contributed by atoms with Crippen LogP contribution in [0.2, 0.25) is 0 Å². The number of hydrogen-bond donors (Lipinski definition) is 3. The molecule has 0 unspecified atom stereocenters. The number of pyridine rings is 3. The van der Waals surface area contributed by atoms with Gasteiger partial charge in [-0.1, -0.05) is 0 Å². The van der Waals surface area contributed by atoms with Gasteiger partial charge in [0, 0.05) is 73.0 Å². The molecule has 0 atom stereocenters. The smallest absolute Gasteiger partial charge is 0.270 e. The van der Waals surface area contributed by atoms with E-state index in [2.05, 4.69) is 47.4 Å². The first-order chi connectivity index (χ1) is 18.9. The summed E-state index contributed by atoms with van der Waals surface area (Å²) in [5.41, 5.74) is 4.85. The molecule has 5 aromatic rings. The van der Waals surface area contributed by atoms with Gasteiger partial charge in [0.15, 0.2) is 0 Å². The summed E-state index contributed by atoms with van der Waals surface area (Å²) in [7, 11) is 2.13. The van der Waals surface area contributed by atoms with Crippen molar-refractivity contribution in [2.45, 2.75) is 6.43 Å². The Labute approximate surface area is 222 Å². The SMILES string of the molecule is CN1CCN(c2cc(Nc3cnc4[nH]cc(-c5ccc6ncc(C(=O)NCC(F)F)n6c5)c4c3)ccn2)CC1. The van der Waals surface area contributed by atoms with Gasteiger partial charge < -0.3 is 25.4 Å². The zero-order chi connectivity index (χ0) is 26.9. The highest BCUT2D eigenvalue weighted by molar-refractivity contribution is 5.96. The minimum Gasteiger partial charge on any atom is -0.354 e. The number of amides is 1. The molecule has 0 spiro atoms. The van der Waals surface area contributed by atoms with Gasteiger partial charge in [0.25, 0.3) is 12.3 Å². The number of likely N-dealkylation sites (N-methyl/N-ethyl adjacent to an activating group) is 1. The number of aromatic nitrogens is 5. The Morgan fingerprint density at radius 3 is 2.72 bits per heavy atom. The summed E-state index contributed by atoms with van der Waals surface area (Å²) in [4.78, 5) is 33.6. The number of H-pyrrole nitrogens is 1. The number of aromatic amines is 1. The summed E-state index contributed by atoms with van der Waals surface area (Å²) in [6.45, 7) is 3.16. The van der Waals surface area contributed by atoms with E-state index in [-0.39, 0.29) is 5.69 Å². The van der Waals surface area contributed by atoms with Crippen molar-refractivity contribution in [2.24, 2.45) is 0 Å². The van der Waals surface area contributed by atoms with Gasteiger partial charge in [-0.15, -0.1) is 0 Å². The summed E-state index contributed by atoms with van der Waals surface area (Å²) in [6, 6.07) is 9.66. The fourth-order valence-corrected chi connectivity index (χ4v) is 4.75. The number of piperazine rings is 1. The second-order valence-corrected chi connectivity index (χ2v) is 9.53. The molecule has 1 aliphatic heterocycles. The maximum atomic E-state index is 12.6. The number of imidazole rings is 1. The zero-order valence-corrected chi connectivity index (χ0v) is 21.2. The van der Waals surface area contributed by atoms with E-state index in [4.69, 9.17) is 0 Å². The molecular weight excluding hydrogens is 504 g/mol. The first-order valence-electron chi connectivity index (χ1n) is 12.6. The van der Waals surface area contributed by atoms with Crippen molar-refractivity contribution < 1.29 is 13.6 Å². The molecule has 0 radical (unpaired) electrons. The summed E-state index contributed by atoms with van der Waals surface area (Å²) in [5, 5.41) is 6.56. The lowest BCUT2D eigenvalue weighted by molar-refractivity contribution is 0.0886. The zero-order valence-electron chi connectivity index (χ0n) is 21.2. The lowest BCUT2D eigenvalue weighted by Crippen LogP contribution is -2.44. The quantitative estimate of drug-likeness (QED) is 0.294. The van der Waals surface area contributed by atoms with Crippen LogP contribution in [0.1, 0.15) is 10.5 Å². The number of alkyl halides is 2. The monoisotopic (exact) mass is 531 g/mol. The van der Waals surface area contributed by atoms with E-state index in [0.717, 1.165) is 59.9 Å². The first-order valence-corrected chi connectivity index (χ1v) is 12.6. The molecule has 0 aliphatic carbocycles. The fourth-order valence-electron chi connectivity index (χ4n) is 4.75. The van der Waals surface area contributed by atoms with E-state index < -0.39 is 18.9 Å². The van der Waals surface area contributed by atoms with Crippen molar-refractivity contribution in [1.82, 2.24) is 34.6 Å². The van der Waals surface area contributed by atoms with Crippen molar-refractivity contribution in [1.29, 1.82) is 0 Å². The van der Waals surface area contributed by atoms with Gasteiger partial charge in [0.1, 0.15) is 22.8 Å². The Balaban J connectivity index is 1.28. The number of nitrogens with zero attached hydrogens (tertiary/aromatic N) is 6. The maximum absolute atomic E-state index is 12.6. The number of nitrogens with one attached hydrogen (secondary N) is 3. The van der Waals surface area contributed by atoms with E-state index in [0.29, 0.717) is 11.3 Å². The molecule has 1 fully saturated rings. The molecule has 0 saturated carbocycles. The third-order valence-electron chi connectivity index (χ3n) is 6.86. The number of anilines is 3. The van der Waals surface area contributed by atoms with Gasteiger partial charge in [-0.05, 0) is 31.3 Å². The van der Waals surface area contributed by atoms with Crippen LogP contribution in [-0.4, -0.2) is 81.3 Å². The number of carbonyl (C=O) groups is 1. The lowest BCUT2D eigenvalue weighted by Gasteiger charge is -2.33. The Morgan fingerprint density at radius 2 is 1.90 bits per heavy atom. The predicted octanol–water partition coefficient (Wildman–Crippen LogP) is 3.76. The Kier molecular flexibility index (Phi) is 6.53. The Morgan fingerprint density at radius 1 is 1.05 bits per heavy atom. The molecule has 12 heteroatoms. The topological polar surface area (TPSA) is 106 Å². The average molecular weight is 532 g/mol. The average Bonchev–Trinajstić information content (AvgIpc) is 3.56. The van der Waals surface area contributed by atoms with E-state index in [9.17, 15) is 13.6 Å². The molecule has 1 aliphatic rings. The highest BCUT2D eigenvalue weighted by Gasteiger charge is 2.17. The molecule has 1 saturated heterocycles. The Hall–Kier alpha value is -4.58. The normalized spacial score (nSPS) is 14.4. The minimum absolute atomic E-state index is 0.182. The van der Waals surface area contributed by atoms with Gasteiger partial charge in [0.05, 0.1) is 24.6 Å². The first kappa shape index (κ1) is 24.7. The number of hydrogen-bond acceptors (Lipinski definition) is 7. The van der Waals surface area contributed by atoms with E-state index in [1.807, 2.05) is 30.5 Å². The summed E-state index contributed by atoms with van der Waals surface area (Å²) < 4.78 is 26.8. The second-order valence-electron chi connectivity index (χ2n) is 9.53. The van der Waals surface area contributed by atoms with Gasteiger partial charge in [-0.2, -0.15) is 0 Å². The van der Waals surface area contributed by atoms with Gasteiger partial charge in [-0.3, -0.25) is 9.20 Å². The van der Waals surface area contributed by atoms with Crippen LogP contribution >= 0.6 is 0 Å². The van der Waals surface area contributed by atoms with Crippen LogP contribution in [0.3, 0.4) is 0 Å². The summed E-state index contributed by atoms with van der Waals surface area (Å²) in [5.74, 6) is 0.326. The van der Waals surface area contributed by atoms with Crippen molar-refractivity contribution in [3.05, 3.63) is 67.0 Å². The molecule has 3 N–H and O–H groups in total. The van der Waals surface area contributed by atoms with Crippen molar-refractivity contribution in [3.8, 4) is 11.1 Å². The van der Waals surface area contributed by atoms with Crippen LogP contribution in [0.4, 0.5) is 26.0 Å². The fraction of sp³-hybridized carbons (Fsp3) is 0.259. The lowest BCUT2D eigenvalue weighted by atomic mass is 10.1. The van der Waals surface area contributed by atoms with Crippen LogP contribution in [0, 0.1) is 0 Å². The number of halogens is 2. The molecule has 39 heavy (non-hydrogen) atoms. The van der Waals surface area contributed by atoms with Crippen LogP contribution in [-0.2, 0) is 0 Å². The second kappa shape index (κ2) is 10.3. The third kappa shape index (κ3) is 5.10. The van der Waals surface area contributed by atoms with Crippen LogP contribution < -0.4 is 15.5 Å². The standard InChI is InChI=1S/C27H27F2N9O/c1-36-6-8-37(9-7-36)25-11-18(4-5-30-25)35-19-10-20-21(13-33-26(20)32-12-19)17-2-3-24-31-14-22(38(24)16-17)27(39)34-15-23(28)29/h2-5,10-14,16,23H,6-9,15H2,1H3,(H,30,35)(H,32,33)(H,34,39). The van der Waals surface area contributed by atoms with E-state index in [1.54, 1.807) is 29.1 Å². The highest BCUT2D eigenvalue weighted by atomic mass is 19.3. The summed E-state index contributed by atoms with van der Waals surface area (Å²) >= 11 is 0. The van der Waals surface area contributed by atoms with Crippen LogP contribution in [0.15, 0.2) is 61.3 Å².